The van der Waals surface area contributed by atoms with Crippen molar-refractivity contribution in [1.82, 2.24) is 9.97 Å². The first-order chi connectivity index (χ1) is 34.4. The summed E-state index contributed by atoms with van der Waals surface area (Å²) in [6.07, 6.45) is 5.69. The largest absolute Gasteiger partial charge is 0.512 e. The van der Waals surface area contributed by atoms with E-state index in [1.165, 1.54) is 13.0 Å². The fourth-order valence-corrected chi connectivity index (χ4v) is 9.71. The number of ketones is 1. The van der Waals surface area contributed by atoms with Gasteiger partial charge in [-0.1, -0.05) is 144 Å². The second-order valence-corrected chi connectivity index (χ2v) is 17.6. The zero-order chi connectivity index (χ0) is 47.1. The van der Waals surface area contributed by atoms with E-state index in [-0.39, 0.29) is 38.1 Å². The zero-order valence-electron chi connectivity index (χ0n) is 38.4. The second-order valence-electron chi connectivity index (χ2n) is 17.6. The number of rotatable bonds is 11. The molecule has 1 N–H and O–H groups in total. The first-order valence-electron chi connectivity index (χ1n) is 23.3. The molecule has 0 aliphatic carbocycles. The molecule has 0 unspecified atom stereocenters. The van der Waals surface area contributed by atoms with Crippen LogP contribution >= 0.6 is 0 Å². The van der Waals surface area contributed by atoms with Gasteiger partial charge in [0.15, 0.2) is 16.9 Å². The average Bonchev–Trinajstić information content (AvgIpc) is 3.98. The molecule has 6 nitrogen and oxygen atoms in total. The number of pyridine rings is 2. The SMILES string of the molecule is C/C(O)=C/C(=O)CCc1ccccc1-c1cc(-c2ccccc2-c2c[c-]c(-c3cc4c(cn3)oc3ccccc34)cc2)cc(-c2ccccc2-c2c[c-]c(-c3cc4c(cn3)oc3ccccc34)cc2)c1.[Ir]. The van der Waals surface area contributed by atoms with Crippen molar-refractivity contribution >= 4 is 49.7 Å². The summed E-state index contributed by atoms with van der Waals surface area (Å²) < 4.78 is 12.1. The summed E-state index contributed by atoms with van der Waals surface area (Å²) in [6.45, 7) is 1.52. The predicted octanol–water partition coefficient (Wildman–Crippen LogP) is 16.5. The van der Waals surface area contributed by atoms with Gasteiger partial charge in [0, 0.05) is 54.1 Å². The molecule has 71 heavy (non-hydrogen) atoms. The molecule has 0 spiro atoms. The normalized spacial score (nSPS) is 11.6. The van der Waals surface area contributed by atoms with E-state index in [0.717, 1.165) is 128 Å². The summed E-state index contributed by atoms with van der Waals surface area (Å²) in [5, 5.41) is 14.0. The minimum absolute atomic E-state index is 0. The molecule has 7 heteroatoms. The molecular formula is C64H42IrN2O4-2. The van der Waals surface area contributed by atoms with E-state index in [1.807, 2.05) is 60.7 Å². The first kappa shape index (κ1) is 45.0. The van der Waals surface area contributed by atoms with Crippen molar-refractivity contribution in [2.75, 3.05) is 0 Å². The van der Waals surface area contributed by atoms with Gasteiger partial charge in [0.2, 0.25) is 0 Å². The van der Waals surface area contributed by atoms with Crippen molar-refractivity contribution in [3.63, 3.8) is 0 Å². The topological polar surface area (TPSA) is 89.4 Å². The van der Waals surface area contributed by atoms with E-state index in [1.54, 1.807) is 12.4 Å². The molecule has 4 heterocycles. The Morgan fingerprint density at radius 1 is 0.493 bits per heavy atom. The van der Waals surface area contributed by atoms with Crippen LogP contribution in [0.15, 0.2) is 221 Å². The summed E-state index contributed by atoms with van der Waals surface area (Å²) >= 11 is 0. The third kappa shape index (κ3) is 8.78. The maximum Gasteiger partial charge on any atom is 0.159 e. The van der Waals surface area contributed by atoms with E-state index >= 15 is 0 Å². The van der Waals surface area contributed by atoms with Crippen molar-refractivity contribution < 1.29 is 38.8 Å². The molecule has 0 aliphatic heterocycles. The van der Waals surface area contributed by atoms with Crippen molar-refractivity contribution in [1.29, 1.82) is 0 Å². The van der Waals surface area contributed by atoms with Crippen molar-refractivity contribution in [3.8, 4) is 78.1 Å². The average molecular weight is 1100 g/mol. The van der Waals surface area contributed by atoms with Gasteiger partial charge in [-0.15, -0.1) is 59.7 Å². The Morgan fingerprint density at radius 3 is 1.38 bits per heavy atom. The molecular weight excluding hydrogens is 1050 g/mol. The Balaban J connectivity index is 0.00000547. The van der Waals surface area contributed by atoms with Gasteiger partial charge >= 0.3 is 0 Å². The van der Waals surface area contributed by atoms with Gasteiger partial charge in [0.1, 0.15) is 11.2 Å². The number of aromatic nitrogens is 2. The first-order valence-corrected chi connectivity index (χ1v) is 23.3. The second kappa shape index (κ2) is 19.1. The molecule has 0 amide bonds. The number of nitrogens with zero attached hydrogens (tertiary/aromatic N) is 2. The summed E-state index contributed by atoms with van der Waals surface area (Å²) in [5.41, 5.74) is 18.1. The fourth-order valence-electron chi connectivity index (χ4n) is 9.71. The third-order valence-corrected chi connectivity index (χ3v) is 13.1. The van der Waals surface area contributed by atoms with Crippen LogP contribution < -0.4 is 0 Å². The van der Waals surface area contributed by atoms with Gasteiger partial charge in [-0.2, -0.15) is 0 Å². The maximum atomic E-state index is 12.8. The van der Waals surface area contributed by atoms with Gasteiger partial charge in [0.05, 0.1) is 18.2 Å². The Kier molecular flexibility index (Phi) is 12.1. The predicted molar refractivity (Wildman–Crippen MR) is 282 cm³/mol. The van der Waals surface area contributed by atoms with Crippen LogP contribution in [0.25, 0.3) is 122 Å². The van der Waals surface area contributed by atoms with E-state index < -0.39 is 0 Å². The minimum atomic E-state index is -0.115. The number of para-hydroxylation sites is 2. The van der Waals surface area contributed by atoms with Crippen molar-refractivity contribution in [2.24, 2.45) is 0 Å². The van der Waals surface area contributed by atoms with Crippen molar-refractivity contribution in [3.05, 3.63) is 230 Å². The molecule has 343 valence electrons. The van der Waals surface area contributed by atoms with E-state index in [9.17, 15) is 9.90 Å². The number of hydrogen-bond donors (Lipinski definition) is 1. The number of hydrogen-bond acceptors (Lipinski definition) is 6. The quantitative estimate of drug-likeness (QED) is 0.0789. The molecule has 12 rings (SSSR count). The number of aliphatic hydroxyl groups is 1. The summed E-state index contributed by atoms with van der Waals surface area (Å²) in [7, 11) is 0. The van der Waals surface area contributed by atoms with Crippen LogP contribution in [0.2, 0.25) is 0 Å². The number of fused-ring (bicyclic) bond motifs is 6. The number of aryl methyl sites for hydroxylation is 1. The molecule has 8 aromatic carbocycles. The zero-order valence-corrected chi connectivity index (χ0v) is 40.8. The van der Waals surface area contributed by atoms with Crippen molar-refractivity contribution in [2.45, 2.75) is 19.8 Å². The number of benzene rings is 8. The van der Waals surface area contributed by atoms with E-state index in [2.05, 4.69) is 140 Å². The van der Waals surface area contributed by atoms with Crippen LogP contribution in [0.1, 0.15) is 18.9 Å². The Labute approximate surface area is 424 Å². The van der Waals surface area contributed by atoms with Crippen LogP contribution in [0, 0.1) is 12.1 Å². The minimum Gasteiger partial charge on any atom is -0.512 e. The van der Waals surface area contributed by atoms with Gasteiger partial charge in [-0.25, -0.2) is 0 Å². The fraction of sp³-hybridized carbons (Fsp3) is 0.0469. The molecule has 0 atom stereocenters. The van der Waals surface area contributed by atoms with Crippen LogP contribution in [-0.2, 0) is 31.3 Å². The smallest absolute Gasteiger partial charge is 0.159 e. The van der Waals surface area contributed by atoms with Gasteiger partial charge in [-0.05, 0) is 94.0 Å². The van der Waals surface area contributed by atoms with E-state index in [0.29, 0.717) is 6.42 Å². The van der Waals surface area contributed by atoms with Crippen LogP contribution in [0.5, 0.6) is 0 Å². The number of aliphatic hydroxyl groups excluding tert-OH is 1. The molecule has 1 radical (unpaired) electrons. The number of allylic oxidation sites excluding steroid dienone is 2. The summed E-state index contributed by atoms with van der Waals surface area (Å²) in [4.78, 5) is 22.3. The van der Waals surface area contributed by atoms with Gasteiger partial charge in [-0.3, -0.25) is 4.79 Å². The summed E-state index contributed by atoms with van der Waals surface area (Å²) in [5.74, 6) is -0.106. The van der Waals surface area contributed by atoms with Crippen LogP contribution in [0.4, 0.5) is 0 Å². The number of carbonyl (C=O) groups is 1. The standard InChI is InChI=1S/C64H42N2O4.Ir/c1-40(67)32-49(68)31-30-41-12-2-3-13-50(41)46-33-47(53-16-6-4-14-51(53)42-22-26-44(27-23-42)59-36-57-55-18-8-10-20-61(55)69-63(57)38-65-59)35-48(34-46)54-17-7-5-15-52(54)43-24-28-45(29-25-43)60-37-58-56-19-9-11-21-62(56)70-64(58)39-66-60;/h2-26,28,32-39,67H,30-31H2,1H3;/q-2;/b40-32-;. The Morgan fingerprint density at radius 2 is 0.915 bits per heavy atom. The molecule has 0 fully saturated rings. The van der Waals surface area contributed by atoms with Crippen LogP contribution in [-0.4, -0.2) is 20.9 Å². The van der Waals surface area contributed by atoms with Gasteiger partial charge in [0.25, 0.3) is 0 Å². The number of carbonyl (C=O) groups excluding carboxylic acids is 1. The molecule has 0 saturated heterocycles. The molecule has 0 bridgehead atoms. The monoisotopic (exact) mass is 1100 g/mol. The third-order valence-electron chi connectivity index (χ3n) is 13.1. The summed E-state index contributed by atoms with van der Waals surface area (Å²) in [6, 6.07) is 72.0. The molecule has 12 aromatic rings. The maximum absolute atomic E-state index is 12.8. The van der Waals surface area contributed by atoms with E-state index in [4.69, 9.17) is 18.8 Å². The number of furan rings is 2. The Hall–Kier alpha value is -8.48. The molecule has 4 aromatic heterocycles. The molecule has 0 aliphatic rings. The van der Waals surface area contributed by atoms with Crippen LogP contribution in [0.3, 0.4) is 0 Å². The van der Waals surface area contributed by atoms with Gasteiger partial charge < -0.3 is 23.9 Å². The Bertz CT molecular complexity index is 3770. The molecule has 0 saturated carbocycles.